The highest BCUT2D eigenvalue weighted by atomic mass is 35.5. The molecule has 0 aliphatic rings. The molecular formula is C23H23Cl5F2N2O2. The molecule has 2 rings (SSSR count). The zero-order valence-electron chi connectivity index (χ0n) is 18.1. The molecular weight excluding hydrogens is 552 g/mol. The maximum absolute atomic E-state index is 13.4. The van der Waals surface area contributed by atoms with Crippen LogP contribution in [0.25, 0.3) is 0 Å². The first-order valence-electron chi connectivity index (χ1n) is 10.4. The molecule has 2 N–H and O–H groups in total. The molecule has 2 aromatic carbocycles. The summed E-state index contributed by atoms with van der Waals surface area (Å²) < 4.78 is 26.8. The van der Waals surface area contributed by atoms with E-state index in [1.54, 1.807) is 24.3 Å². The van der Waals surface area contributed by atoms with Crippen molar-refractivity contribution in [1.82, 2.24) is 0 Å². The monoisotopic (exact) mass is 572 g/mol. The van der Waals surface area contributed by atoms with Gasteiger partial charge < -0.3 is 10.6 Å². The summed E-state index contributed by atoms with van der Waals surface area (Å²) in [5.74, 6) is -5.08. The number of alkyl halides is 4. The molecule has 0 heterocycles. The molecule has 2 amide bonds. The average Bonchev–Trinajstić information content (AvgIpc) is 2.77. The van der Waals surface area contributed by atoms with Gasteiger partial charge in [0, 0.05) is 52.7 Å². The van der Waals surface area contributed by atoms with Gasteiger partial charge in [0.15, 0.2) is 0 Å². The number of hydrogen-bond acceptors (Lipinski definition) is 2. The van der Waals surface area contributed by atoms with E-state index in [-0.39, 0.29) is 35.3 Å². The summed E-state index contributed by atoms with van der Waals surface area (Å²) >= 11 is 30.6. The molecule has 0 saturated heterocycles. The van der Waals surface area contributed by atoms with Crippen LogP contribution in [0.1, 0.15) is 37.7 Å². The molecule has 0 radical (unpaired) electrons. The van der Waals surface area contributed by atoms with E-state index in [2.05, 4.69) is 10.6 Å². The predicted octanol–water partition coefficient (Wildman–Crippen LogP) is 8.23. The minimum atomic E-state index is -2.92. The molecule has 186 valence electrons. The first kappa shape index (κ1) is 28.9. The third-order valence-corrected chi connectivity index (χ3v) is 6.64. The predicted molar refractivity (Wildman–Crippen MR) is 137 cm³/mol. The molecule has 0 aliphatic carbocycles. The second-order valence-electron chi connectivity index (χ2n) is 7.67. The molecule has 2 atom stereocenters. The van der Waals surface area contributed by atoms with Crippen LogP contribution in [0.4, 0.5) is 20.2 Å². The van der Waals surface area contributed by atoms with Gasteiger partial charge in [-0.25, -0.2) is 8.78 Å². The fourth-order valence-electron chi connectivity index (χ4n) is 3.20. The Morgan fingerprint density at radius 2 is 1.62 bits per heavy atom. The quantitative estimate of drug-likeness (QED) is 0.266. The van der Waals surface area contributed by atoms with E-state index in [9.17, 15) is 18.4 Å². The summed E-state index contributed by atoms with van der Waals surface area (Å²) in [6.07, 6.45) is -1.30. The van der Waals surface area contributed by atoms with Crippen molar-refractivity contribution in [2.24, 2.45) is 5.92 Å². The Labute approximate surface area is 222 Å². The largest absolute Gasteiger partial charge is 0.326 e. The number of carbonyl (C=O) groups is 2. The summed E-state index contributed by atoms with van der Waals surface area (Å²) in [4.78, 5) is 25.1. The van der Waals surface area contributed by atoms with Crippen molar-refractivity contribution >= 4 is 81.2 Å². The standard InChI is InChI=1S/C23H23Cl5F2N2O2/c1-2-23(29,30)6-5-21(33)32-20-10-16(3-4-19(20)28)31-22(34)18(12-25)17(11-24)13-7-14(26)9-15(27)8-13/h3-4,7-10,17-18H,2,5-6,11-12H2,1H3,(H,31,34)(H,32,33). The van der Waals surface area contributed by atoms with Gasteiger partial charge >= 0.3 is 0 Å². The Morgan fingerprint density at radius 1 is 0.971 bits per heavy atom. The van der Waals surface area contributed by atoms with Crippen molar-refractivity contribution in [2.45, 2.75) is 38.0 Å². The number of nitrogens with one attached hydrogen (secondary N) is 2. The van der Waals surface area contributed by atoms with Gasteiger partial charge in [0.2, 0.25) is 17.7 Å². The van der Waals surface area contributed by atoms with Crippen LogP contribution in [0, 0.1) is 5.92 Å². The van der Waals surface area contributed by atoms with Crippen LogP contribution in [0.15, 0.2) is 36.4 Å². The minimum absolute atomic E-state index is 0.0316. The van der Waals surface area contributed by atoms with Gasteiger partial charge in [-0.15, -0.1) is 23.2 Å². The third kappa shape index (κ3) is 8.42. The highest BCUT2D eigenvalue weighted by Crippen LogP contribution is 2.33. The maximum Gasteiger partial charge on any atom is 0.248 e. The first-order chi connectivity index (χ1) is 16.0. The number of halogens is 7. The summed E-state index contributed by atoms with van der Waals surface area (Å²) in [7, 11) is 0. The van der Waals surface area contributed by atoms with Gasteiger partial charge in [-0.05, 0) is 42.0 Å². The number of hydrogen-bond donors (Lipinski definition) is 2. The van der Waals surface area contributed by atoms with Gasteiger partial charge in [-0.2, -0.15) is 0 Å². The molecule has 4 nitrogen and oxygen atoms in total. The van der Waals surface area contributed by atoms with E-state index < -0.39 is 36.0 Å². The fourth-order valence-corrected chi connectivity index (χ4v) is 4.65. The number of carbonyl (C=O) groups excluding carboxylic acids is 2. The second kappa shape index (κ2) is 13.1. The molecule has 0 saturated carbocycles. The normalized spacial score (nSPS) is 13.3. The number of benzene rings is 2. The van der Waals surface area contributed by atoms with E-state index in [1.165, 1.54) is 19.1 Å². The summed E-state index contributed by atoms with van der Waals surface area (Å²) in [5.41, 5.74) is 1.18. The van der Waals surface area contributed by atoms with Crippen LogP contribution in [0.3, 0.4) is 0 Å². The Morgan fingerprint density at radius 3 is 2.18 bits per heavy atom. The average molecular weight is 575 g/mol. The number of rotatable bonds is 11. The molecule has 0 bridgehead atoms. The van der Waals surface area contributed by atoms with Gasteiger partial charge in [-0.1, -0.05) is 41.7 Å². The molecule has 0 fully saturated rings. The smallest absolute Gasteiger partial charge is 0.248 e. The van der Waals surface area contributed by atoms with E-state index in [4.69, 9.17) is 58.0 Å². The SMILES string of the molecule is CCC(F)(F)CCC(=O)Nc1cc(NC(=O)C(CCl)C(CCl)c2cc(Cl)cc(Cl)c2)ccc1Cl. The van der Waals surface area contributed by atoms with Crippen molar-refractivity contribution in [3.8, 4) is 0 Å². The van der Waals surface area contributed by atoms with Crippen molar-refractivity contribution in [3.63, 3.8) is 0 Å². The maximum atomic E-state index is 13.4. The molecule has 2 unspecified atom stereocenters. The van der Waals surface area contributed by atoms with Crippen molar-refractivity contribution in [1.29, 1.82) is 0 Å². The lowest BCUT2D eigenvalue weighted by Gasteiger charge is -2.24. The molecule has 11 heteroatoms. The zero-order valence-corrected chi connectivity index (χ0v) is 21.9. The first-order valence-corrected chi connectivity index (χ1v) is 12.6. The fraction of sp³-hybridized carbons (Fsp3) is 0.391. The summed E-state index contributed by atoms with van der Waals surface area (Å²) in [5, 5.41) is 6.24. The van der Waals surface area contributed by atoms with Gasteiger partial charge in [-0.3, -0.25) is 9.59 Å². The van der Waals surface area contributed by atoms with Crippen LogP contribution < -0.4 is 10.6 Å². The van der Waals surface area contributed by atoms with E-state index in [1.807, 2.05) is 0 Å². The van der Waals surface area contributed by atoms with Crippen molar-refractivity contribution < 1.29 is 18.4 Å². The lowest BCUT2D eigenvalue weighted by molar-refractivity contribution is -0.120. The van der Waals surface area contributed by atoms with Gasteiger partial charge in [0.05, 0.1) is 16.6 Å². The second-order valence-corrected chi connectivity index (χ2v) is 9.56. The van der Waals surface area contributed by atoms with Crippen molar-refractivity contribution in [2.75, 3.05) is 22.4 Å². The summed E-state index contributed by atoms with van der Waals surface area (Å²) in [6.45, 7) is 1.35. The molecule has 0 aliphatic heterocycles. The Kier molecular flexibility index (Phi) is 11.2. The highest BCUT2D eigenvalue weighted by molar-refractivity contribution is 6.35. The van der Waals surface area contributed by atoms with Gasteiger partial charge in [0.1, 0.15) is 0 Å². The highest BCUT2D eigenvalue weighted by Gasteiger charge is 2.30. The third-order valence-electron chi connectivity index (χ3n) is 5.21. The molecule has 2 aromatic rings. The minimum Gasteiger partial charge on any atom is -0.326 e. The van der Waals surface area contributed by atoms with Crippen molar-refractivity contribution in [3.05, 3.63) is 57.0 Å². The van der Waals surface area contributed by atoms with Crippen LogP contribution in [0.2, 0.25) is 15.1 Å². The Bertz CT molecular complexity index is 1000. The molecule has 0 aromatic heterocycles. The van der Waals surface area contributed by atoms with E-state index in [0.717, 1.165) is 0 Å². The molecule has 0 spiro atoms. The van der Waals surface area contributed by atoms with Crippen LogP contribution >= 0.6 is 58.0 Å². The van der Waals surface area contributed by atoms with Crippen LogP contribution in [-0.2, 0) is 9.59 Å². The lowest BCUT2D eigenvalue weighted by Crippen LogP contribution is -2.30. The molecule has 34 heavy (non-hydrogen) atoms. The topological polar surface area (TPSA) is 58.2 Å². The Balaban J connectivity index is 2.15. The van der Waals surface area contributed by atoms with Crippen LogP contribution in [0.5, 0.6) is 0 Å². The summed E-state index contributed by atoms with van der Waals surface area (Å²) in [6, 6.07) is 9.36. The number of anilines is 2. The van der Waals surface area contributed by atoms with E-state index in [0.29, 0.717) is 21.3 Å². The zero-order chi connectivity index (χ0) is 25.5. The number of amides is 2. The lowest BCUT2D eigenvalue weighted by atomic mass is 9.88. The Hall–Kier alpha value is -1.31. The van der Waals surface area contributed by atoms with Crippen LogP contribution in [-0.4, -0.2) is 29.5 Å². The van der Waals surface area contributed by atoms with E-state index >= 15 is 0 Å². The van der Waals surface area contributed by atoms with Gasteiger partial charge in [0.25, 0.3) is 0 Å².